The zero-order valence-corrected chi connectivity index (χ0v) is 15.8. The van der Waals surface area contributed by atoms with Crippen molar-refractivity contribution in [3.8, 4) is 11.3 Å². The first-order valence-corrected chi connectivity index (χ1v) is 9.52. The number of rotatable bonds is 6. The molecular weight excluding hydrogens is 310 g/mol. The van der Waals surface area contributed by atoms with Crippen molar-refractivity contribution in [1.82, 2.24) is 14.7 Å². The van der Waals surface area contributed by atoms with Crippen LogP contribution in [0.5, 0.6) is 0 Å². The Morgan fingerprint density at radius 2 is 1.88 bits per heavy atom. The monoisotopic (exact) mass is 341 g/mol. The highest BCUT2D eigenvalue weighted by molar-refractivity contribution is 5.63. The second-order valence-corrected chi connectivity index (χ2v) is 7.58. The maximum absolute atomic E-state index is 9.37. The number of aryl methyl sites for hydroxylation is 1. The molecule has 25 heavy (non-hydrogen) atoms. The van der Waals surface area contributed by atoms with Crippen molar-refractivity contribution in [3.05, 3.63) is 41.6 Å². The van der Waals surface area contributed by atoms with Gasteiger partial charge >= 0.3 is 0 Å². The lowest BCUT2D eigenvalue weighted by atomic mass is 9.84. The number of aliphatic hydroxyl groups is 1. The molecule has 1 saturated carbocycles. The largest absolute Gasteiger partial charge is 0.395 e. The van der Waals surface area contributed by atoms with Crippen LogP contribution in [-0.2, 0) is 13.6 Å². The summed E-state index contributed by atoms with van der Waals surface area (Å²) >= 11 is 0. The smallest absolute Gasteiger partial charge is 0.0968 e. The van der Waals surface area contributed by atoms with Crippen molar-refractivity contribution in [2.75, 3.05) is 13.7 Å². The first-order valence-electron chi connectivity index (χ1n) is 9.52. The number of nitrogens with zero attached hydrogens (tertiary/aromatic N) is 3. The van der Waals surface area contributed by atoms with E-state index in [9.17, 15) is 5.11 Å². The third kappa shape index (κ3) is 4.31. The Balaban J connectivity index is 1.79. The minimum atomic E-state index is 0.140. The fraction of sp³-hybridized carbons (Fsp3) is 0.571. The lowest BCUT2D eigenvalue weighted by Crippen LogP contribution is -2.31. The molecule has 1 N–H and O–H groups in total. The molecular formula is C21H31N3O. The number of hydrogen-bond acceptors (Lipinski definition) is 3. The minimum absolute atomic E-state index is 0.140. The van der Waals surface area contributed by atoms with Crippen LogP contribution in [-0.4, -0.2) is 39.5 Å². The molecule has 1 aromatic carbocycles. The van der Waals surface area contributed by atoms with Gasteiger partial charge in [0.25, 0.3) is 0 Å². The van der Waals surface area contributed by atoms with Gasteiger partial charge in [-0.25, -0.2) is 0 Å². The highest BCUT2D eigenvalue weighted by Gasteiger charge is 2.17. The van der Waals surface area contributed by atoms with E-state index in [2.05, 4.69) is 40.5 Å². The molecule has 0 unspecified atom stereocenters. The zero-order valence-electron chi connectivity index (χ0n) is 15.8. The van der Waals surface area contributed by atoms with Crippen LogP contribution >= 0.6 is 0 Å². The van der Waals surface area contributed by atoms with Crippen molar-refractivity contribution in [3.63, 3.8) is 0 Å². The van der Waals surface area contributed by atoms with Crippen molar-refractivity contribution in [2.45, 2.75) is 57.5 Å². The van der Waals surface area contributed by atoms with Crippen LogP contribution in [0, 0.1) is 0 Å². The van der Waals surface area contributed by atoms with Crippen LogP contribution in [0.15, 0.2) is 30.5 Å². The van der Waals surface area contributed by atoms with Crippen LogP contribution in [0.25, 0.3) is 11.3 Å². The van der Waals surface area contributed by atoms with Gasteiger partial charge in [0.05, 0.1) is 12.3 Å². The number of aliphatic hydroxyl groups excluding tert-OH is 1. The molecule has 0 amide bonds. The first-order chi connectivity index (χ1) is 12.1. The highest BCUT2D eigenvalue weighted by atomic mass is 16.3. The average molecular weight is 341 g/mol. The lowest BCUT2D eigenvalue weighted by Gasteiger charge is -2.23. The normalized spacial score (nSPS) is 17.2. The topological polar surface area (TPSA) is 41.3 Å². The van der Waals surface area contributed by atoms with Gasteiger partial charge < -0.3 is 5.11 Å². The second kappa shape index (κ2) is 8.15. The average Bonchev–Trinajstić information content (AvgIpc) is 3.02. The predicted octanol–water partition coefficient (Wildman–Crippen LogP) is 3.95. The summed E-state index contributed by atoms with van der Waals surface area (Å²) in [6.07, 6.45) is 8.88. The maximum Gasteiger partial charge on any atom is 0.0968 e. The van der Waals surface area contributed by atoms with E-state index in [0.29, 0.717) is 0 Å². The molecule has 0 bridgehead atoms. The molecule has 1 aromatic heterocycles. The summed E-state index contributed by atoms with van der Waals surface area (Å²) in [5.41, 5.74) is 4.91. The van der Waals surface area contributed by atoms with E-state index in [0.717, 1.165) is 18.2 Å². The molecule has 1 atom stereocenters. The van der Waals surface area contributed by atoms with Gasteiger partial charge in [-0.05, 0) is 38.3 Å². The van der Waals surface area contributed by atoms with Crippen LogP contribution in [0.2, 0.25) is 0 Å². The molecule has 0 radical (unpaired) electrons. The van der Waals surface area contributed by atoms with Gasteiger partial charge in [0, 0.05) is 37.0 Å². The SMILES string of the molecule is C[C@@H](CO)N(C)Cc1cn(C)nc1-c1ccc(C2CCCCC2)cc1. The van der Waals surface area contributed by atoms with E-state index in [1.54, 1.807) is 0 Å². The number of hydrogen-bond donors (Lipinski definition) is 1. The summed E-state index contributed by atoms with van der Waals surface area (Å²) in [6.45, 7) is 2.99. The molecule has 136 valence electrons. The summed E-state index contributed by atoms with van der Waals surface area (Å²) in [5.74, 6) is 0.738. The van der Waals surface area contributed by atoms with Gasteiger partial charge in [-0.15, -0.1) is 0 Å². The van der Waals surface area contributed by atoms with Crippen LogP contribution in [0.3, 0.4) is 0 Å². The first kappa shape index (κ1) is 18.2. The Morgan fingerprint density at radius 3 is 2.52 bits per heavy atom. The molecule has 0 aliphatic heterocycles. The van der Waals surface area contributed by atoms with Crippen molar-refractivity contribution >= 4 is 0 Å². The lowest BCUT2D eigenvalue weighted by molar-refractivity contribution is 0.154. The summed E-state index contributed by atoms with van der Waals surface area (Å²) in [4.78, 5) is 2.16. The molecule has 0 saturated heterocycles. The molecule has 0 spiro atoms. The fourth-order valence-electron chi connectivity index (χ4n) is 3.81. The molecule has 1 aliphatic rings. The Morgan fingerprint density at radius 1 is 1.20 bits per heavy atom. The van der Waals surface area contributed by atoms with Gasteiger partial charge in [-0.1, -0.05) is 43.5 Å². The Hall–Kier alpha value is -1.65. The summed E-state index contributed by atoms with van der Waals surface area (Å²) in [5, 5.41) is 14.1. The molecule has 4 heteroatoms. The second-order valence-electron chi connectivity index (χ2n) is 7.58. The molecule has 1 fully saturated rings. The molecule has 2 aromatic rings. The van der Waals surface area contributed by atoms with Gasteiger partial charge in [0.2, 0.25) is 0 Å². The summed E-state index contributed by atoms with van der Waals surface area (Å²) in [6, 6.07) is 9.19. The number of likely N-dealkylation sites (N-methyl/N-ethyl adjacent to an activating group) is 1. The highest BCUT2D eigenvalue weighted by Crippen LogP contribution is 2.33. The van der Waals surface area contributed by atoms with Gasteiger partial charge in [-0.3, -0.25) is 9.58 Å². The van der Waals surface area contributed by atoms with E-state index in [4.69, 9.17) is 0 Å². The summed E-state index contributed by atoms with van der Waals surface area (Å²) in [7, 11) is 4.02. The van der Waals surface area contributed by atoms with Gasteiger partial charge in [-0.2, -0.15) is 5.10 Å². The molecule has 1 heterocycles. The zero-order chi connectivity index (χ0) is 17.8. The van der Waals surface area contributed by atoms with E-state index in [1.165, 1.54) is 48.8 Å². The quantitative estimate of drug-likeness (QED) is 0.865. The molecule has 4 nitrogen and oxygen atoms in total. The predicted molar refractivity (Wildman–Crippen MR) is 102 cm³/mol. The standard InChI is InChI=1S/C21H31N3O/c1-16(15-25)23(2)13-20-14-24(3)22-21(20)19-11-9-18(10-12-19)17-7-5-4-6-8-17/h9-12,14,16-17,25H,4-8,13,15H2,1-3H3/t16-/m0/s1. The fourth-order valence-corrected chi connectivity index (χ4v) is 3.81. The third-order valence-corrected chi connectivity index (χ3v) is 5.60. The Labute approximate surface area is 151 Å². The van der Waals surface area contributed by atoms with Gasteiger partial charge in [0.15, 0.2) is 0 Å². The Bertz CT molecular complexity index is 671. The van der Waals surface area contributed by atoms with Crippen molar-refractivity contribution in [2.24, 2.45) is 7.05 Å². The van der Waals surface area contributed by atoms with Crippen LogP contribution < -0.4 is 0 Å². The number of benzene rings is 1. The van der Waals surface area contributed by atoms with E-state index >= 15 is 0 Å². The summed E-state index contributed by atoms with van der Waals surface area (Å²) < 4.78 is 1.89. The van der Waals surface area contributed by atoms with E-state index in [-0.39, 0.29) is 12.6 Å². The Kier molecular flexibility index (Phi) is 5.92. The van der Waals surface area contributed by atoms with Crippen LogP contribution in [0.1, 0.15) is 56.1 Å². The maximum atomic E-state index is 9.37. The molecule has 3 rings (SSSR count). The number of aromatic nitrogens is 2. The molecule has 1 aliphatic carbocycles. The van der Waals surface area contributed by atoms with Gasteiger partial charge in [0.1, 0.15) is 0 Å². The minimum Gasteiger partial charge on any atom is -0.395 e. The van der Waals surface area contributed by atoms with Crippen molar-refractivity contribution in [1.29, 1.82) is 0 Å². The third-order valence-electron chi connectivity index (χ3n) is 5.60. The van der Waals surface area contributed by atoms with E-state index < -0.39 is 0 Å². The van der Waals surface area contributed by atoms with Crippen LogP contribution in [0.4, 0.5) is 0 Å². The van der Waals surface area contributed by atoms with Crippen molar-refractivity contribution < 1.29 is 5.11 Å². The van der Waals surface area contributed by atoms with E-state index in [1.807, 2.05) is 25.7 Å².